The second-order valence-corrected chi connectivity index (χ2v) is 6.03. The van der Waals surface area contributed by atoms with Crippen LogP contribution in [0.2, 0.25) is 0 Å². The minimum absolute atomic E-state index is 0. The van der Waals surface area contributed by atoms with Gasteiger partial charge in [-0.3, -0.25) is 0 Å². The zero-order valence-corrected chi connectivity index (χ0v) is 13.6. The lowest BCUT2D eigenvalue weighted by molar-refractivity contribution is 0.205. The maximum atomic E-state index is 8.78. The van der Waals surface area contributed by atoms with Crippen LogP contribution in [0.3, 0.4) is 0 Å². The number of alkyl halides is 6. The average Bonchev–Trinajstić information content (AvgIpc) is 2.20. The average molecular weight is 386 g/mol. The van der Waals surface area contributed by atoms with Crippen molar-refractivity contribution < 1.29 is 9.90 Å². The third-order valence-electron chi connectivity index (χ3n) is 1.83. The first-order valence-electron chi connectivity index (χ1n) is 4.03. The van der Waals surface area contributed by atoms with E-state index in [1.165, 1.54) is 0 Å². The van der Waals surface area contributed by atoms with Crippen LogP contribution < -0.4 is 18.0 Å². The first-order chi connectivity index (χ1) is 7.20. The van der Waals surface area contributed by atoms with Crippen molar-refractivity contribution in [3.05, 3.63) is 0 Å². The fourth-order valence-corrected chi connectivity index (χ4v) is 3.38. The second kappa shape index (κ2) is 10.7. The van der Waals surface area contributed by atoms with Crippen LogP contribution in [0.4, 0.5) is 4.79 Å². The summed E-state index contributed by atoms with van der Waals surface area (Å²) in [6.45, 7) is 0. The molecular weight excluding hydrogens is 371 g/mol. The summed E-state index contributed by atoms with van der Waals surface area (Å²) in [5.74, 6) is 0. The van der Waals surface area contributed by atoms with E-state index in [1.807, 2.05) is 0 Å². The number of amides is 1. The molecule has 1 fully saturated rings. The van der Waals surface area contributed by atoms with Crippen LogP contribution in [0.1, 0.15) is 0 Å². The molecule has 1 rings (SSSR count). The Bertz CT molecular complexity index is 187. The quantitative estimate of drug-likeness (QED) is 0.474. The fourth-order valence-electron chi connectivity index (χ4n) is 1.05. The van der Waals surface area contributed by atoms with Crippen LogP contribution in [0.15, 0.2) is 0 Å². The standard InChI is InChI=1S/C6H6Cl6.CH3NO2.2H3N/c7-1-2(8)4(10)6(12)5(11)3(1)9;2-1(3)4;;/h1-6H;2H2,(H,3,4);2*1H3/t1-,2-,3-,4+,5+,6+;;;. The van der Waals surface area contributed by atoms with E-state index in [0.717, 1.165) is 0 Å². The molecule has 1 saturated carbocycles. The molecule has 0 aromatic heterocycles. The van der Waals surface area contributed by atoms with Gasteiger partial charge in [0.1, 0.15) is 0 Å². The number of carbonyl (C=O) groups is 1. The highest BCUT2D eigenvalue weighted by Crippen LogP contribution is 2.39. The maximum Gasteiger partial charge on any atom is 0.402 e. The zero-order chi connectivity index (χ0) is 13.0. The third kappa shape index (κ3) is 6.91. The summed E-state index contributed by atoms with van der Waals surface area (Å²) in [4.78, 5) is 8.78. The summed E-state index contributed by atoms with van der Waals surface area (Å²) in [6.07, 6.45) is -1.33. The fraction of sp³-hybridized carbons (Fsp3) is 0.857. The lowest BCUT2D eigenvalue weighted by Gasteiger charge is -2.37. The number of rotatable bonds is 0. The molecular formula is C7H15Cl6N3O2. The Balaban J connectivity index is -0.000000332. The van der Waals surface area contributed by atoms with Crippen LogP contribution in [0.5, 0.6) is 0 Å². The molecule has 0 aliphatic heterocycles. The number of carboxylic acid groups (broad SMARTS) is 1. The molecule has 112 valence electrons. The predicted molar refractivity (Wildman–Crippen MR) is 80.1 cm³/mol. The second-order valence-electron chi connectivity index (χ2n) is 3.00. The van der Waals surface area contributed by atoms with E-state index in [2.05, 4.69) is 5.73 Å². The number of hydrogen-bond acceptors (Lipinski definition) is 3. The van der Waals surface area contributed by atoms with E-state index in [4.69, 9.17) is 79.5 Å². The monoisotopic (exact) mass is 383 g/mol. The van der Waals surface area contributed by atoms with Gasteiger partial charge in [0.2, 0.25) is 0 Å². The Morgan fingerprint density at radius 1 is 0.722 bits per heavy atom. The molecule has 0 heterocycles. The van der Waals surface area contributed by atoms with Gasteiger partial charge in [-0.05, 0) is 0 Å². The van der Waals surface area contributed by atoms with Crippen LogP contribution in [-0.2, 0) is 0 Å². The van der Waals surface area contributed by atoms with Gasteiger partial charge in [-0.25, -0.2) is 4.79 Å². The highest BCUT2D eigenvalue weighted by atomic mass is 35.5. The van der Waals surface area contributed by atoms with E-state index in [0.29, 0.717) is 0 Å². The van der Waals surface area contributed by atoms with Crippen molar-refractivity contribution in [2.75, 3.05) is 0 Å². The van der Waals surface area contributed by atoms with Gasteiger partial charge in [0, 0.05) is 0 Å². The van der Waals surface area contributed by atoms with Gasteiger partial charge in [-0.2, -0.15) is 0 Å². The van der Waals surface area contributed by atoms with Crippen molar-refractivity contribution in [1.82, 2.24) is 12.3 Å². The largest absolute Gasteiger partial charge is 0.465 e. The van der Waals surface area contributed by atoms with Crippen molar-refractivity contribution >= 4 is 75.7 Å². The van der Waals surface area contributed by atoms with Crippen LogP contribution in [0, 0.1) is 0 Å². The summed E-state index contributed by atoms with van der Waals surface area (Å²) in [7, 11) is 0. The summed E-state index contributed by atoms with van der Waals surface area (Å²) in [6, 6.07) is 0. The lowest BCUT2D eigenvalue weighted by atomic mass is 9.97. The maximum absolute atomic E-state index is 8.78. The van der Waals surface area contributed by atoms with Crippen molar-refractivity contribution in [1.29, 1.82) is 0 Å². The van der Waals surface area contributed by atoms with Crippen molar-refractivity contribution in [2.24, 2.45) is 5.73 Å². The molecule has 0 radical (unpaired) electrons. The molecule has 1 aliphatic carbocycles. The van der Waals surface area contributed by atoms with Gasteiger partial charge in [0.05, 0.1) is 32.3 Å². The highest BCUT2D eigenvalue weighted by molar-refractivity contribution is 6.45. The molecule has 1 aliphatic rings. The molecule has 18 heavy (non-hydrogen) atoms. The molecule has 0 unspecified atom stereocenters. The van der Waals surface area contributed by atoms with E-state index in [1.54, 1.807) is 0 Å². The zero-order valence-electron chi connectivity index (χ0n) is 9.08. The minimum atomic E-state index is -1.33. The molecule has 1 amide bonds. The SMILES string of the molecule is Cl[C@H]1[C@H](Cl)[C@@H](Cl)[C@@H](Cl)[C@H](Cl)[C@H]1Cl.N.N.NC(=O)O. The van der Waals surface area contributed by atoms with Gasteiger partial charge < -0.3 is 23.1 Å². The summed E-state index contributed by atoms with van der Waals surface area (Å²) in [5, 5.41) is 4.57. The van der Waals surface area contributed by atoms with Gasteiger partial charge in [0.15, 0.2) is 0 Å². The Hall–Kier alpha value is 0.930. The normalized spacial score (nSPS) is 38.3. The van der Waals surface area contributed by atoms with Crippen LogP contribution in [0.25, 0.3) is 0 Å². The third-order valence-corrected chi connectivity index (χ3v) is 5.86. The molecule has 5 nitrogen and oxygen atoms in total. The lowest BCUT2D eigenvalue weighted by Crippen LogP contribution is -2.52. The topological polar surface area (TPSA) is 133 Å². The Labute approximate surface area is 135 Å². The number of nitrogens with two attached hydrogens (primary N) is 1. The smallest absolute Gasteiger partial charge is 0.402 e. The van der Waals surface area contributed by atoms with E-state index in [9.17, 15) is 0 Å². The van der Waals surface area contributed by atoms with Crippen molar-refractivity contribution in [2.45, 2.75) is 32.3 Å². The molecule has 0 spiro atoms. The molecule has 0 saturated heterocycles. The van der Waals surface area contributed by atoms with Crippen LogP contribution >= 0.6 is 69.6 Å². The molecule has 0 aromatic rings. The molecule has 0 atom stereocenters. The molecule has 0 aromatic carbocycles. The Kier molecular flexibility index (Phi) is 14.2. The van der Waals surface area contributed by atoms with E-state index in [-0.39, 0.29) is 12.3 Å². The molecule has 11 heteroatoms. The predicted octanol–water partition coefficient (Wildman–Crippen LogP) is 3.59. The van der Waals surface area contributed by atoms with E-state index >= 15 is 0 Å². The number of halogens is 6. The summed E-state index contributed by atoms with van der Waals surface area (Å²) < 4.78 is 0. The summed E-state index contributed by atoms with van der Waals surface area (Å²) in [5.41, 5.74) is 4.03. The Morgan fingerprint density at radius 2 is 0.778 bits per heavy atom. The van der Waals surface area contributed by atoms with Crippen LogP contribution in [-0.4, -0.2) is 43.5 Å². The van der Waals surface area contributed by atoms with Gasteiger partial charge in [0.25, 0.3) is 0 Å². The highest BCUT2D eigenvalue weighted by Gasteiger charge is 2.46. The van der Waals surface area contributed by atoms with Gasteiger partial charge >= 0.3 is 6.09 Å². The Morgan fingerprint density at radius 3 is 0.833 bits per heavy atom. The van der Waals surface area contributed by atoms with Gasteiger partial charge in [-0.1, -0.05) is 0 Å². The van der Waals surface area contributed by atoms with Gasteiger partial charge in [-0.15, -0.1) is 69.6 Å². The number of primary amides is 1. The van der Waals surface area contributed by atoms with Crippen molar-refractivity contribution in [3.8, 4) is 0 Å². The minimum Gasteiger partial charge on any atom is -0.465 e. The first-order valence-corrected chi connectivity index (χ1v) is 6.64. The number of hydrogen-bond donors (Lipinski definition) is 4. The molecule has 0 bridgehead atoms. The van der Waals surface area contributed by atoms with Crippen molar-refractivity contribution in [3.63, 3.8) is 0 Å². The first kappa shape index (κ1) is 24.0. The van der Waals surface area contributed by atoms with E-state index < -0.39 is 38.4 Å². The summed E-state index contributed by atoms with van der Waals surface area (Å²) >= 11 is 35.3. The molecule has 9 N–H and O–H groups in total.